The number of amides is 1. The van der Waals surface area contributed by atoms with E-state index < -0.39 is 0 Å². The smallest absolute Gasteiger partial charge is 0.254 e. The van der Waals surface area contributed by atoms with Crippen molar-refractivity contribution in [2.45, 2.75) is 13.8 Å². The van der Waals surface area contributed by atoms with E-state index in [1.54, 1.807) is 6.07 Å². The monoisotopic (exact) mass is 361 g/mol. The van der Waals surface area contributed by atoms with Crippen LogP contribution < -0.4 is 4.90 Å². The summed E-state index contributed by atoms with van der Waals surface area (Å²) in [6.45, 7) is 6.60. The molecule has 3 aromatic rings. The molecule has 4 rings (SSSR count). The van der Waals surface area contributed by atoms with Crippen molar-refractivity contribution in [1.82, 2.24) is 9.88 Å². The Morgan fingerprint density at radius 2 is 1.74 bits per heavy atom. The van der Waals surface area contributed by atoms with Crippen LogP contribution in [0.1, 0.15) is 21.6 Å². The molecule has 0 saturated carbocycles. The number of phenols is 1. The highest BCUT2D eigenvalue weighted by Gasteiger charge is 2.25. The summed E-state index contributed by atoms with van der Waals surface area (Å²) in [6, 6.07) is 15.3. The largest absolute Gasteiger partial charge is 0.506 e. The Morgan fingerprint density at radius 3 is 2.48 bits per heavy atom. The van der Waals surface area contributed by atoms with Gasteiger partial charge in [0.2, 0.25) is 0 Å². The number of nitrogens with zero attached hydrogens (tertiary/aromatic N) is 3. The Hall–Kier alpha value is -3.08. The number of carbonyl (C=O) groups excluding carboxylic acids is 1. The second kappa shape index (κ2) is 6.91. The van der Waals surface area contributed by atoms with Crippen molar-refractivity contribution in [3.8, 4) is 5.75 Å². The molecule has 0 bridgehead atoms. The number of fused-ring (bicyclic) bond motifs is 1. The van der Waals surface area contributed by atoms with Crippen LogP contribution in [0.2, 0.25) is 0 Å². The fourth-order valence-electron chi connectivity index (χ4n) is 3.70. The number of pyridine rings is 1. The number of aromatic nitrogens is 1. The van der Waals surface area contributed by atoms with E-state index in [1.165, 1.54) is 0 Å². The first kappa shape index (κ1) is 17.3. The van der Waals surface area contributed by atoms with E-state index in [0.717, 1.165) is 33.4 Å². The molecule has 1 aromatic heterocycles. The average Bonchev–Trinajstić information content (AvgIpc) is 2.68. The van der Waals surface area contributed by atoms with Gasteiger partial charge in [0.05, 0.1) is 16.8 Å². The predicted octanol–water partition coefficient (Wildman–Crippen LogP) is 3.52. The third-order valence-corrected chi connectivity index (χ3v) is 5.11. The fourth-order valence-corrected chi connectivity index (χ4v) is 3.70. The molecule has 0 unspecified atom stereocenters. The van der Waals surface area contributed by atoms with Crippen molar-refractivity contribution in [1.29, 1.82) is 0 Å². The lowest BCUT2D eigenvalue weighted by Crippen LogP contribution is -2.48. The Balaban J connectivity index is 1.57. The van der Waals surface area contributed by atoms with Crippen molar-refractivity contribution < 1.29 is 9.90 Å². The van der Waals surface area contributed by atoms with Gasteiger partial charge < -0.3 is 14.9 Å². The maximum atomic E-state index is 13.2. The molecule has 138 valence electrons. The van der Waals surface area contributed by atoms with E-state index in [9.17, 15) is 9.90 Å². The zero-order chi connectivity index (χ0) is 19.0. The van der Waals surface area contributed by atoms with Gasteiger partial charge in [-0.2, -0.15) is 0 Å². The number of rotatable bonds is 2. The SMILES string of the molecule is Cc1ccc2nc(C)cc(C(=O)N3CCN(c4ccccc4O)CC3)c2c1. The number of aryl methyl sites for hydroxylation is 2. The predicted molar refractivity (Wildman–Crippen MR) is 107 cm³/mol. The van der Waals surface area contributed by atoms with Gasteiger partial charge in [-0.15, -0.1) is 0 Å². The van der Waals surface area contributed by atoms with Gasteiger partial charge in [0.1, 0.15) is 5.75 Å². The zero-order valence-corrected chi connectivity index (χ0v) is 15.6. The number of carbonyl (C=O) groups is 1. The maximum absolute atomic E-state index is 13.2. The number of anilines is 1. The highest BCUT2D eigenvalue weighted by atomic mass is 16.3. The summed E-state index contributed by atoms with van der Waals surface area (Å²) in [4.78, 5) is 21.8. The summed E-state index contributed by atoms with van der Waals surface area (Å²) >= 11 is 0. The van der Waals surface area contributed by atoms with Crippen LogP contribution in [0.3, 0.4) is 0 Å². The standard InChI is InChI=1S/C22H23N3O2/c1-15-7-8-19-17(13-15)18(14-16(2)23-19)22(27)25-11-9-24(10-12-25)20-5-3-4-6-21(20)26/h3-8,13-14,26H,9-12H2,1-2H3. The van der Waals surface area contributed by atoms with Crippen molar-refractivity contribution in [3.63, 3.8) is 0 Å². The summed E-state index contributed by atoms with van der Waals surface area (Å²) in [5.41, 5.74) is 4.37. The first-order valence-electron chi connectivity index (χ1n) is 9.23. The maximum Gasteiger partial charge on any atom is 0.254 e. The summed E-state index contributed by atoms with van der Waals surface area (Å²) in [6.07, 6.45) is 0. The number of aromatic hydroxyl groups is 1. The van der Waals surface area contributed by atoms with Crippen molar-refractivity contribution >= 4 is 22.5 Å². The summed E-state index contributed by atoms with van der Waals surface area (Å²) in [5.74, 6) is 0.330. The third-order valence-electron chi connectivity index (χ3n) is 5.11. The van der Waals surface area contributed by atoms with Gasteiger partial charge in [0.15, 0.2) is 0 Å². The van der Waals surface area contributed by atoms with Crippen molar-refractivity contribution in [3.05, 3.63) is 65.4 Å². The minimum Gasteiger partial charge on any atom is -0.506 e. The molecule has 1 aliphatic heterocycles. The zero-order valence-electron chi connectivity index (χ0n) is 15.6. The van der Waals surface area contributed by atoms with Crippen molar-refractivity contribution in [2.75, 3.05) is 31.1 Å². The minimum absolute atomic E-state index is 0.0491. The lowest BCUT2D eigenvalue weighted by Gasteiger charge is -2.36. The first-order valence-corrected chi connectivity index (χ1v) is 9.23. The lowest BCUT2D eigenvalue weighted by molar-refractivity contribution is 0.0748. The minimum atomic E-state index is 0.0491. The topological polar surface area (TPSA) is 56.7 Å². The van der Waals surface area contributed by atoms with Crippen LogP contribution in [0, 0.1) is 13.8 Å². The van der Waals surface area contributed by atoms with Crippen LogP contribution in [0.15, 0.2) is 48.5 Å². The molecular formula is C22H23N3O2. The molecule has 0 atom stereocenters. The van der Waals surface area contributed by atoms with Crippen LogP contribution in [0.5, 0.6) is 5.75 Å². The fraction of sp³-hybridized carbons (Fsp3) is 0.273. The molecule has 1 N–H and O–H groups in total. The van der Waals surface area contributed by atoms with Crippen LogP contribution >= 0.6 is 0 Å². The van der Waals surface area contributed by atoms with E-state index >= 15 is 0 Å². The summed E-state index contributed by atoms with van der Waals surface area (Å²) < 4.78 is 0. The number of phenolic OH excluding ortho intramolecular Hbond substituents is 1. The number of hydrogen-bond donors (Lipinski definition) is 1. The Bertz CT molecular complexity index is 1010. The van der Waals surface area contributed by atoms with Crippen LogP contribution in [0.25, 0.3) is 10.9 Å². The third kappa shape index (κ3) is 3.33. The van der Waals surface area contributed by atoms with Crippen LogP contribution in [-0.4, -0.2) is 47.1 Å². The van der Waals surface area contributed by atoms with Gasteiger partial charge in [-0.3, -0.25) is 9.78 Å². The molecule has 27 heavy (non-hydrogen) atoms. The van der Waals surface area contributed by atoms with Gasteiger partial charge in [-0.1, -0.05) is 23.8 Å². The summed E-state index contributed by atoms with van der Waals surface area (Å²) in [7, 11) is 0. The average molecular weight is 361 g/mol. The first-order chi connectivity index (χ1) is 13.0. The number of hydrogen-bond acceptors (Lipinski definition) is 4. The normalized spacial score (nSPS) is 14.6. The quantitative estimate of drug-likeness (QED) is 0.759. The molecule has 1 saturated heterocycles. The molecule has 0 radical (unpaired) electrons. The van der Waals surface area contributed by atoms with Crippen LogP contribution in [0.4, 0.5) is 5.69 Å². The molecule has 1 amide bonds. The van der Waals surface area contributed by atoms with E-state index in [4.69, 9.17) is 0 Å². The molecular weight excluding hydrogens is 338 g/mol. The van der Waals surface area contributed by atoms with Gasteiger partial charge in [0, 0.05) is 37.3 Å². The van der Waals surface area contributed by atoms with E-state index in [1.807, 2.05) is 61.2 Å². The molecule has 2 heterocycles. The highest BCUT2D eigenvalue weighted by Crippen LogP contribution is 2.28. The van der Waals surface area contributed by atoms with Crippen molar-refractivity contribution in [2.24, 2.45) is 0 Å². The molecule has 5 nitrogen and oxygen atoms in total. The van der Waals surface area contributed by atoms with Gasteiger partial charge >= 0.3 is 0 Å². The lowest BCUT2D eigenvalue weighted by atomic mass is 10.0. The Kier molecular flexibility index (Phi) is 4.44. The molecule has 0 spiro atoms. The van der Waals surface area contributed by atoms with Gasteiger partial charge in [-0.05, 0) is 44.2 Å². The molecule has 1 fully saturated rings. The number of para-hydroxylation sites is 2. The molecule has 0 aliphatic carbocycles. The second-order valence-corrected chi connectivity index (χ2v) is 7.10. The molecule has 2 aromatic carbocycles. The molecule has 1 aliphatic rings. The van der Waals surface area contributed by atoms with E-state index in [0.29, 0.717) is 26.2 Å². The van der Waals surface area contributed by atoms with Gasteiger partial charge in [-0.25, -0.2) is 0 Å². The number of piperazine rings is 1. The number of benzene rings is 2. The van der Waals surface area contributed by atoms with Crippen LogP contribution in [-0.2, 0) is 0 Å². The molecule has 5 heteroatoms. The van der Waals surface area contributed by atoms with Gasteiger partial charge in [0.25, 0.3) is 5.91 Å². The van der Waals surface area contributed by atoms with E-state index in [2.05, 4.69) is 9.88 Å². The highest BCUT2D eigenvalue weighted by molar-refractivity contribution is 6.06. The Labute approximate surface area is 158 Å². The summed E-state index contributed by atoms with van der Waals surface area (Å²) in [5, 5.41) is 11.0. The second-order valence-electron chi connectivity index (χ2n) is 7.10. The Morgan fingerprint density at radius 1 is 1.00 bits per heavy atom. The van der Waals surface area contributed by atoms with E-state index in [-0.39, 0.29) is 11.7 Å².